The Bertz CT molecular complexity index is 437. The average Bonchev–Trinajstić information content (AvgIpc) is 2.39. The number of hydrogen-bond donors (Lipinski definition) is 1. The molecule has 0 radical (unpaired) electrons. The van der Waals surface area contributed by atoms with Crippen LogP contribution in [0.1, 0.15) is 38.8 Å². The molecule has 2 nitrogen and oxygen atoms in total. The van der Waals surface area contributed by atoms with Gasteiger partial charge in [0.15, 0.2) is 0 Å². The highest BCUT2D eigenvalue weighted by Gasteiger charge is 2.15. The van der Waals surface area contributed by atoms with E-state index in [0.717, 1.165) is 30.8 Å². The summed E-state index contributed by atoms with van der Waals surface area (Å²) in [5, 5.41) is 3.32. The summed E-state index contributed by atoms with van der Waals surface area (Å²) in [5.41, 5.74) is 1.99. The number of rotatable bonds is 7. The first-order valence-corrected chi connectivity index (χ1v) is 6.85. The van der Waals surface area contributed by atoms with Crippen molar-refractivity contribution in [2.45, 2.75) is 33.2 Å². The molecule has 1 rings (SSSR count). The quantitative estimate of drug-likeness (QED) is 0.758. The van der Waals surface area contributed by atoms with Gasteiger partial charge < -0.3 is 10.2 Å². The summed E-state index contributed by atoms with van der Waals surface area (Å²) in [7, 11) is 0. The topological polar surface area (TPSA) is 15.3 Å². The molecule has 0 amide bonds. The Kier molecular flexibility index (Phi) is 6.38. The maximum atomic E-state index is 13.5. The number of halogens is 1. The molecule has 1 unspecified atom stereocenters. The zero-order valence-corrected chi connectivity index (χ0v) is 12.0. The van der Waals surface area contributed by atoms with Crippen LogP contribution in [0.2, 0.25) is 0 Å². The highest BCUT2D eigenvalue weighted by Crippen LogP contribution is 2.27. The SMILES string of the molecule is C#CCN(CCC)c1ccc(F)cc1C(C)NCC. The van der Waals surface area contributed by atoms with Crippen LogP contribution in [-0.2, 0) is 0 Å². The van der Waals surface area contributed by atoms with Gasteiger partial charge in [0.1, 0.15) is 5.82 Å². The number of benzene rings is 1. The van der Waals surface area contributed by atoms with Gasteiger partial charge in [-0.1, -0.05) is 19.8 Å². The Morgan fingerprint density at radius 2 is 2.16 bits per heavy atom. The number of nitrogens with zero attached hydrogens (tertiary/aromatic N) is 1. The summed E-state index contributed by atoms with van der Waals surface area (Å²) in [5.74, 6) is 2.47. The number of terminal acetylenes is 1. The molecule has 0 fully saturated rings. The van der Waals surface area contributed by atoms with Crippen molar-refractivity contribution in [3.05, 3.63) is 29.6 Å². The molecule has 3 heteroatoms. The predicted molar refractivity (Wildman–Crippen MR) is 79.8 cm³/mol. The molecule has 0 aliphatic rings. The first-order valence-electron chi connectivity index (χ1n) is 6.85. The van der Waals surface area contributed by atoms with Crippen molar-refractivity contribution in [1.82, 2.24) is 5.32 Å². The lowest BCUT2D eigenvalue weighted by Gasteiger charge is -2.27. The Balaban J connectivity index is 3.13. The number of anilines is 1. The molecule has 0 heterocycles. The van der Waals surface area contributed by atoms with E-state index >= 15 is 0 Å². The second kappa shape index (κ2) is 7.81. The van der Waals surface area contributed by atoms with Gasteiger partial charge in [0.2, 0.25) is 0 Å². The highest BCUT2D eigenvalue weighted by molar-refractivity contribution is 5.56. The molecule has 19 heavy (non-hydrogen) atoms. The number of nitrogens with one attached hydrogen (secondary N) is 1. The van der Waals surface area contributed by atoms with Crippen LogP contribution >= 0.6 is 0 Å². The fourth-order valence-corrected chi connectivity index (χ4v) is 2.24. The molecular weight excluding hydrogens is 239 g/mol. The zero-order chi connectivity index (χ0) is 14.3. The standard InChI is InChI=1S/C16H23FN2/c1-5-10-19(11-6-2)16-9-8-14(17)12-15(16)13(4)18-7-3/h1,8-9,12-13,18H,6-7,10-11H2,2-4H3. The van der Waals surface area contributed by atoms with Gasteiger partial charge in [-0.15, -0.1) is 6.42 Å². The molecule has 1 N–H and O–H groups in total. The van der Waals surface area contributed by atoms with Crippen molar-refractivity contribution >= 4 is 5.69 Å². The highest BCUT2D eigenvalue weighted by atomic mass is 19.1. The third-order valence-electron chi connectivity index (χ3n) is 3.08. The fourth-order valence-electron chi connectivity index (χ4n) is 2.24. The van der Waals surface area contributed by atoms with E-state index in [9.17, 15) is 4.39 Å². The normalized spacial score (nSPS) is 11.9. The molecule has 0 aliphatic heterocycles. The summed E-state index contributed by atoms with van der Waals surface area (Å²) in [6, 6.07) is 5.03. The van der Waals surface area contributed by atoms with Crippen LogP contribution in [-0.4, -0.2) is 19.6 Å². The second-order valence-electron chi connectivity index (χ2n) is 4.61. The molecule has 1 atom stereocenters. The van der Waals surface area contributed by atoms with Crippen LogP contribution in [0.4, 0.5) is 10.1 Å². The first kappa shape index (κ1) is 15.5. The fraction of sp³-hybridized carbons (Fsp3) is 0.500. The summed E-state index contributed by atoms with van der Waals surface area (Å²) in [4.78, 5) is 2.13. The van der Waals surface area contributed by atoms with E-state index in [-0.39, 0.29) is 11.9 Å². The summed E-state index contributed by atoms with van der Waals surface area (Å²) in [6.07, 6.45) is 6.44. The van der Waals surface area contributed by atoms with E-state index in [0.29, 0.717) is 6.54 Å². The molecule has 0 aromatic heterocycles. The van der Waals surface area contributed by atoms with Crippen LogP contribution in [0.15, 0.2) is 18.2 Å². The van der Waals surface area contributed by atoms with Crippen molar-refractivity contribution in [3.8, 4) is 12.3 Å². The third kappa shape index (κ3) is 4.25. The Morgan fingerprint density at radius 1 is 1.42 bits per heavy atom. The maximum Gasteiger partial charge on any atom is 0.123 e. The molecule has 0 aliphatic carbocycles. The summed E-state index contributed by atoms with van der Waals surface area (Å²) in [6.45, 7) is 8.47. The molecule has 104 valence electrons. The van der Waals surface area contributed by atoms with Crippen LogP contribution in [0, 0.1) is 18.2 Å². The lowest BCUT2D eigenvalue weighted by atomic mass is 10.0. The minimum absolute atomic E-state index is 0.104. The van der Waals surface area contributed by atoms with Crippen molar-refractivity contribution in [2.24, 2.45) is 0 Å². The largest absolute Gasteiger partial charge is 0.360 e. The van der Waals surface area contributed by atoms with E-state index in [1.54, 1.807) is 6.07 Å². The average molecular weight is 262 g/mol. The Morgan fingerprint density at radius 3 is 2.74 bits per heavy atom. The van der Waals surface area contributed by atoms with E-state index in [1.165, 1.54) is 6.07 Å². The number of hydrogen-bond acceptors (Lipinski definition) is 2. The second-order valence-corrected chi connectivity index (χ2v) is 4.61. The Labute approximate surface area is 116 Å². The van der Waals surface area contributed by atoms with Gasteiger partial charge in [0.25, 0.3) is 0 Å². The van der Waals surface area contributed by atoms with Gasteiger partial charge in [0.05, 0.1) is 6.54 Å². The molecule has 1 aromatic rings. The van der Waals surface area contributed by atoms with E-state index in [1.807, 2.05) is 19.9 Å². The van der Waals surface area contributed by atoms with Crippen LogP contribution in [0.3, 0.4) is 0 Å². The maximum absolute atomic E-state index is 13.5. The van der Waals surface area contributed by atoms with E-state index in [4.69, 9.17) is 6.42 Å². The molecule has 0 saturated carbocycles. The van der Waals surface area contributed by atoms with Crippen molar-refractivity contribution in [2.75, 3.05) is 24.5 Å². The summed E-state index contributed by atoms with van der Waals surface area (Å²) >= 11 is 0. The van der Waals surface area contributed by atoms with E-state index in [2.05, 4.69) is 23.1 Å². The minimum atomic E-state index is -0.208. The molecule has 1 aromatic carbocycles. The van der Waals surface area contributed by atoms with Gasteiger partial charge in [-0.3, -0.25) is 0 Å². The minimum Gasteiger partial charge on any atom is -0.360 e. The third-order valence-corrected chi connectivity index (χ3v) is 3.08. The lowest BCUT2D eigenvalue weighted by molar-refractivity contribution is 0.581. The lowest BCUT2D eigenvalue weighted by Crippen LogP contribution is -2.28. The van der Waals surface area contributed by atoms with Gasteiger partial charge >= 0.3 is 0 Å². The molecule has 0 bridgehead atoms. The van der Waals surface area contributed by atoms with Crippen LogP contribution in [0.5, 0.6) is 0 Å². The molecular formula is C16H23FN2. The van der Waals surface area contributed by atoms with Gasteiger partial charge in [-0.2, -0.15) is 0 Å². The smallest absolute Gasteiger partial charge is 0.123 e. The predicted octanol–water partition coefficient (Wildman–Crippen LogP) is 3.35. The van der Waals surface area contributed by atoms with Gasteiger partial charge in [0, 0.05) is 18.3 Å². The monoisotopic (exact) mass is 262 g/mol. The van der Waals surface area contributed by atoms with E-state index < -0.39 is 0 Å². The Hall–Kier alpha value is -1.53. The summed E-state index contributed by atoms with van der Waals surface area (Å²) < 4.78 is 13.5. The first-order chi connectivity index (χ1) is 9.13. The zero-order valence-electron chi connectivity index (χ0n) is 12.0. The molecule has 0 saturated heterocycles. The van der Waals surface area contributed by atoms with Gasteiger partial charge in [-0.05, 0) is 43.7 Å². The van der Waals surface area contributed by atoms with Crippen molar-refractivity contribution < 1.29 is 4.39 Å². The molecule has 0 spiro atoms. The van der Waals surface area contributed by atoms with Crippen LogP contribution < -0.4 is 10.2 Å². The van der Waals surface area contributed by atoms with Gasteiger partial charge in [-0.25, -0.2) is 4.39 Å². The van der Waals surface area contributed by atoms with Crippen molar-refractivity contribution in [1.29, 1.82) is 0 Å². The van der Waals surface area contributed by atoms with Crippen molar-refractivity contribution in [3.63, 3.8) is 0 Å². The van der Waals surface area contributed by atoms with Crippen LogP contribution in [0.25, 0.3) is 0 Å².